The van der Waals surface area contributed by atoms with Crippen molar-refractivity contribution in [2.45, 2.75) is 90.9 Å². The van der Waals surface area contributed by atoms with Gasteiger partial charge in [-0.3, -0.25) is 4.18 Å². The summed E-state index contributed by atoms with van der Waals surface area (Å²) in [6, 6.07) is 6.96. The molecule has 170 valence electrons. The van der Waals surface area contributed by atoms with Gasteiger partial charge < -0.3 is 0 Å². The Morgan fingerprint density at radius 2 is 1.77 bits per heavy atom. The molecule has 4 heteroatoms. The second kappa shape index (κ2) is 8.19. The van der Waals surface area contributed by atoms with Crippen LogP contribution in [0, 0.1) is 23.7 Å². The lowest BCUT2D eigenvalue weighted by molar-refractivity contribution is -0.0316. The molecule has 1 aromatic rings. The number of hydrogen-bond acceptors (Lipinski definition) is 3. The van der Waals surface area contributed by atoms with E-state index in [2.05, 4.69) is 27.7 Å². The van der Waals surface area contributed by atoms with E-state index in [1.54, 1.807) is 28.9 Å². The Morgan fingerprint density at radius 1 is 1.06 bits per heavy atom. The van der Waals surface area contributed by atoms with E-state index in [9.17, 15) is 8.42 Å². The molecule has 0 aromatic heterocycles. The smallest absolute Gasteiger partial charge is 0.266 e. The number of benzene rings is 1. The van der Waals surface area contributed by atoms with Crippen molar-refractivity contribution >= 4 is 10.1 Å². The molecule has 1 aromatic carbocycles. The fourth-order valence-electron chi connectivity index (χ4n) is 6.74. The highest BCUT2D eigenvalue weighted by molar-refractivity contribution is 7.86. The Kier molecular flexibility index (Phi) is 6.02. The maximum Gasteiger partial charge on any atom is 0.296 e. The molecule has 3 aliphatic carbocycles. The summed E-state index contributed by atoms with van der Waals surface area (Å²) in [6.45, 7) is 11.5. The second-order valence-electron chi connectivity index (χ2n) is 10.9. The highest BCUT2D eigenvalue weighted by Gasteiger charge is 2.53. The molecule has 0 radical (unpaired) electrons. The first-order chi connectivity index (χ1) is 14.6. The zero-order valence-corrected chi connectivity index (χ0v) is 20.7. The fraction of sp³-hybridized carbons (Fsp3) is 0.630. The molecule has 3 nitrogen and oxygen atoms in total. The molecule has 0 N–H and O–H groups in total. The van der Waals surface area contributed by atoms with Gasteiger partial charge in [-0.05, 0) is 94.6 Å². The van der Waals surface area contributed by atoms with E-state index in [0.29, 0.717) is 5.92 Å². The topological polar surface area (TPSA) is 43.4 Å². The van der Waals surface area contributed by atoms with Crippen LogP contribution in [-0.4, -0.2) is 15.0 Å². The minimum atomic E-state index is -3.73. The summed E-state index contributed by atoms with van der Waals surface area (Å²) >= 11 is 0. The zero-order valence-electron chi connectivity index (χ0n) is 19.9. The third kappa shape index (κ3) is 4.18. The number of hydrogen-bond donors (Lipinski definition) is 0. The number of rotatable bonds is 4. The monoisotopic (exact) mass is 442 g/mol. The van der Waals surface area contributed by atoms with Crippen molar-refractivity contribution in [3.63, 3.8) is 0 Å². The molecule has 0 heterocycles. The largest absolute Gasteiger partial charge is 0.296 e. The van der Waals surface area contributed by atoms with Crippen LogP contribution in [0.1, 0.15) is 84.6 Å². The van der Waals surface area contributed by atoms with E-state index in [1.807, 2.05) is 19.1 Å². The van der Waals surface area contributed by atoms with E-state index < -0.39 is 10.1 Å². The summed E-state index contributed by atoms with van der Waals surface area (Å²) < 4.78 is 31.4. The Balaban J connectivity index is 1.57. The Labute approximate surface area is 189 Å². The highest BCUT2D eigenvalue weighted by Crippen LogP contribution is 2.62. The van der Waals surface area contributed by atoms with Crippen molar-refractivity contribution in [2.75, 3.05) is 6.61 Å². The summed E-state index contributed by atoms with van der Waals surface area (Å²) in [5.41, 5.74) is 7.61. The molecule has 1 saturated carbocycles. The molecule has 4 rings (SSSR count). The highest BCUT2D eigenvalue weighted by atomic mass is 32.2. The molecule has 0 amide bonds. The van der Waals surface area contributed by atoms with E-state index in [-0.39, 0.29) is 22.3 Å². The summed E-state index contributed by atoms with van der Waals surface area (Å²) in [5.74, 6) is 0.481. The van der Waals surface area contributed by atoms with E-state index in [0.717, 1.165) is 37.7 Å². The average Bonchev–Trinajstić information content (AvgIpc) is 2.72. The quantitative estimate of drug-likeness (QED) is 0.368. The van der Waals surface area contributed by atoms with Crippen molar-refractivity contribution in [2.24, 2.45) is 16.7 Å². The number of aryl methyl sites for hydroxylation is 1. The molecule has 1 fully saturated rings. The first kappa shape index (κ1) is 22.8. The third-order valence-corrected chi connectivity index (χ3v) is 9.85. The Morgan fingerprint density at radius 3 is 2.45 bits per heavy atom. The van der Waals surface area contributed by atoms with Gasteiger partial charge in [0.1, 0.15) is 0 Å². The average molecular weight is 443 g/mol. The van der Waals surface area contributed by atoms with Crippen LogP contribution < -0.4 is 0 Å². The fourth-order valence-corrected chi connectivity index (χ4v) is 7.77. The first-order valence-electron chi connectivity index (χ1n) is 11.9. The molecule has 3 aliphatic rings. The number of fused-ring (bicyclic) bond motifs is 2. The van der Waals surface area contributed by atoms with Crippen LogP contribution >= 0.6 is 0 Å². The minimum Gasteiger partial charge on any atom is -0.266 e. The predicted octanol–water partition coefficient (Wildman–Crippen LogP) is 7.12. The standard InChI is InChI=1S/C27H38O3S/c1-19(2)21-9-13-24-22(17-21)10-14-25-26(4,15-6-16-27(24,25)5)18-30-31(28,29)23-11-7-20(3)8-12-23/h7-8,11-12,25H,6,9-10,13-18H2,1-5H3/t25-,26-,27+/m0/s1. The van der Waals surface area contributed by atoms with Crippen molar-refractivity contribution in [3.8, 4) is 0 Å². The van der Waals surface area contributed by atoms with Gasteiger partial charge in [-0.15, -0.1) is 0 Å². The lowest BCUT2D eigenvalue weighted by Crippen LogP contribution is -2.49. The molecule has 0 spiro atoms. The van der Waals surface area contributed by atoms with Crippen molar-refractivity contribution in [1.82, 2.24) is 0 Å². The summed E-state index contributed by atoms with van der Waals surface area (Å²) in [4.78, 5) is 0.260. The van der Waals surface area contributed by atoms with Crippen LogP contribution in [-0.2, 0) is 14.3 Å². The van der Waals surface area contributed by atoms with Gasteiger partial charge in [0.25, 0.3) is 10.1 Å². The van der Waals surface area contributed by atoms with Crippen molar-refractivity contribution in [1.29, 1.82) is 0 Å². The summed E-state index contributed by atoms with van der Waals surface area (Å²) in [5, 5.41) is 0. The lowest BCUT2D eigenvalue weighted by atomic mass is 9.48. The molecule has 0 unspecified atom stereocenters. The van der Waals surface area contributed by atoms with Crippen LogP contribution in [0.3, 0.4) is 0 Å². The normalized spacial score (nSPS) is 31.3. The van der Waals surface area contributed by atoms with Crippen molar-refractivity contribution < 1.29 is 12.6 Å². The maximum atomic E-state index is 12.9. The zero-order chi connectivity index (χ0) is 22.4. The molecule has 31 heavy (non-hydrogen) atoms. The van der Waals surface area contributed by atoms with E-state index >= 15 is 0 Å². The van der Waals surface area contributed by atoms with E-state index in [4.69, 9.17) is 4.18 Å². The molecule has 0 aliphatic heterocycles. The van der Waals surface area contributed by atoms with Crippen LogP contribution in [0.4, 0.5) is 0 Å². The van der Waals surface area contributed by atoms with Crippen LogP contribution in [0.25, 0.3) is 0 Å². The SMILES string of the molecule is CC(C)=C1CCC2=C(CC[C@H]3[C@](C)(COS(=O)(=O)c4ccc(C)cc4)CCC[C@]23C)C1. The minimum absolute atomic E-state index is 0.111. The molecule has 3 atom stereocenters. The van der Waals surface area contributed by atoms with Crippen LogP contribution in [0.2, 0.25) is 0 Å². The second-order valence-corrected chi connectivity index (χ2v) is 12.5. The number of allylic oxidation sites excluding steroid dienone is 4. The lowest BCUT2D eigenvalue weighted by Gasteiger charge is -2.57. The summed E-state index contributed by atoms with van der Waals surface area (Å²) in [6.07, 6.45) is 9.25. The van der Waals surface area contributed by atoms with E-state index in [1.165, 1.54) is 24.8 Å². The maximum absolute atomic E-state index is 12.9. The van der Waals surface area contributed by atoms with Gasteiger partial charge in [0.2, 0.25) is 0 Å². The van der Waals surface area contributed by atoms with Crippen LogP contribution in [0.15, 0.2) is 51.5 Å². The molecular weight excluding hydrogens is 404 g/mol. The van der Waals surface area contributed by atoms with Gasteiger partial charge in [0, 0.05) is 0 Å². The predicted molar refractivity (Wildman–Crippen MR) is 126 cm³/mol. The molecular formula is C27H38O3S. The van der Waals surface area contributed by atoms with Gasteiger partial charge in [0.15, 0.2) is 0 Å². The molecule has 0 saturated heterocycles. The third-order valence-electron chi connectivity index (χ3n) is 8.57. The Hall–Kier alpha value is -1.39. The van der Waals surface area contributed by atoms with Crippen molar-refractivity contribution in [3.05, 3.63) is 52.1 Å². The van der Waals surface area contributed by atoms with Gasteiger partial charge in [-0.2, -0.15) is 8.42 Å². The Bertz CT molecular complexity index is 1010. The summed E-state index contributed by atoms with van der Waals surface area (Å²) in [7, 11) is -3.73. The van der Waals surface area contributed by atoms with Crippen LogP contribution in [0.5, 0.6) is 0 Å². The van der Waals surface area contributed by atoms with Gasteiger partial charge in [-0.25, -0.2) is 0 Å². The van der Waals surface area contributed by atoms with Gasteiger partial charge in [0.05, 0.1) is 11.5 Å². The molecule has 0 bridgehead atoms. The van der Waals surface area contributed by atoms with Gasteiger partial charge in [-0.1, -0.05) is 60.3 Å². The first-order valence-corrected chi connectivity index (χ1v) is 13.3. The van der Waals surface area contributed by atoms with Gasteiger partial charge >= 0.3 is 0 Å².